The Morgan fingerprint density at radius 1 is 1.31 bits per heavy atom. The van der Waals surface area contributed by atoms with Crippen LogP contribution in [-0.2, 0) is 0 Å². The van der Waals surface area contributed by atoms with Crippen LogP contribution in [0, 0.1) is 11.6 Å². The summed E-state index contributed by atoms with van der Waals surface area (Å²) in [6.07, 6.45) is 1.78. The zero-order chi connectivity index (χ0) is 9.42. The molecule has 1 fully saturated rings. The Balaban J connectivity index is 2.34. The maximum Gasteiger partial charge on any atom is 0.202 e. The van der Waals surface area contributed by atoms with Crippen molar-refractivity contribution in [3.63, 3.8) is 0 Å². The van der Waals surface area contributed by atoms with E-state index in [0.29, 0.717) is 0 Å². The molecule has 1 aliphatic rings. The van der Waals surface area contributed by atoms with E-state index in [9.17, 15) is 8.78 Å². The van der Waals surface area contributed by atoms with Crippen molar-refractivity contribution in [3.05, 3.63) is 23.8 Å². The molecule has 0 aliphatic heterocycles. The number of rotatable bonds is 2. The van der Waals surface area contributed by atoms with Crippen LogP contribution in [-0.4, -0.2) is 6.10 Å². The predicted molar refractivity (Wildman–Crippen MR) is 44.4 cm³/mol. The summed E-state index contributed by atoms with van der Waals surface area (Å²) >= 11 is 0. The lowest BCUT2D eigenvalue weighted by atomic mass is 10.3. The van der Waals surface area contributed by atoms with Gasteiger partial charge in [0.1, 0.15) is 0 Å². The van der Waals surface area contributed by atoms with Gasteiger partial charge in [0.2, 0.25) is 5.82 Å². The van der Waals surface area contributed by atoms with Gasteiger partial charge in [-0.25, -0.2) is 4.39 Å². The summed E-state index contributed by atoms with van der Waals surface area (Å²) in [5.41, 5.74) is 5.58. The van der Waals surface area contributed by atoms with E-state index in [1.165, 1.54) is 6.07 Å². The van der Waals surface area contributed by atoms with Crippen LogP contribution in [0.15, 0.2) is 12.1 Å². The Morgan fingerprint density at radius 3 is 2.62 bits per heavy atom. The first-order valence-electron chi connectivity index (χ1n) is 4.08. The van der Waals surface area contributed by atoms with E-state index in [0.717, 1.165) is 18.9 Å². The molecule has 1 aliphatic carbocycles. The average Bonchev–Trinajstić information content (AvgIpc) is 2.89. The Labute approximate surface area is 74.3 Å². The third-order valence-corrected chi connectivity index (χ3v) is 1.89. The van der Waals surface area contributed by atoms with Crippen molar-refractivity contribution in [2.75, 3.05) is 5.73 Å². The number of benzene rings is 1. The fraction of sp³-hybridized carbons (Fsp3) is 0.333. The Bertz CT molecular complexity index is 337. The van der Waals surface area contributed by atoms with E-state index in [1.54, 1.807) is 0 Å². The standard InChI is InChI=1S/C9H9F2NO/c10-6-3-4-7(12)9(8(6)11)13-5-1-2-5/h3-5H,1-2,12H2. The molecule has 0 amide bonds. The van der Waals surface area contributed by atoms with Crippen LogP contribution in [0.3, 0.4) is 0 Å². The second-order valence-corrected chi connectivity index (χ2v) is 3.10. The number of nitrogen functional groups attached to an aromatic ring is 1. The lowest BCUT2D eigenvalue weighted by Crippen LogP contribution is -2.03. The van der Waals surface area contributed by atoms with Crippen molar-refractivity contribution >= 4 is 5.69 Å². The van der Waals surface area contributed by atoms with Crippen LogP contribution < -0.4 is 10.5 Å². The molecule has 0 unspecified atom stereocenters. The van der Waals surface area contributed by atoms with Crippen molar-refractivity contribution in [1.82, 2.24) is 0 Å². The summed E-state index contributed by atoms with van der Waals surface area (Å²) in [5.74, 6) is -2.07. The predicted octanol–water partition coefficient (Wildman–Crippen LogP) is 2.09. The molecule has 0 saturated heterocycles. The molecule has 0 spiro atoms. The van der Waals surface area contributed by atoms with Crippen LogP contribution >= 0.6 is 0 Å². The summed E-state index contributed by atoms with van der Waals surface area (Å²) < 4.78 is 30.9. The highest BCUT2D eigenvalue weighted by atomic mass is 19.2. The van der Waals surface area contributed by atoms with E-state index < -0.39 is 11.6 Å². The van der Waals surface area contributed by atoms with Crippen LogP contribution in [0.2, 0.25) is 0 Å². The van der Waals surface area contributed by atoms with Crippen LogP contribution in [0.5, 0.6) is 5.75 Å². The maximum atomic E-state index is 13.1. The molecule has 0 atom stereocenters. The minimum atomic E-state index is -0.994. The molecular weight excluding hydrogens is 176 g/mol. The monoisotopic (exact) mass is 185 g/mol. The molecule has 1 saturated carbocycles. The van der Waals surface area contributed by atoms with E-state index in [4.69, 9.17) is 10.5 Å². The number of halogens is 2. The second-order valence-electron chi connectivity index (χ2n) is 3.10. The highest BCUT2D eigenvalue weighted by Crippen LogP contribution is 2.33. The van der Waals surface area contributed by atoms with Gasteiger partial charge in [-0.2, -0.15) is 4.39 Å². The van der Waals surface area contributed by atoms with E-state index >= 15 is 0 Å². The summed E-state index contributed by atoms with van der Waals surface area (Å²) in [7, 11) is 0. The molecule has 1 aromatic rings. The molecule has 13 heavy (non-hydrogen) atoms. The minimum Gasteiger partial charge on any atom is -0.485 e. The molecule has 70 valence electrons. The number of hydrogen-bond donors (Lipinski definition) is 1. The molecule has 0 aromatic heterocycles. The molecular formula is C9H9F2NO. The number of anilines is 1. The number of ether oxygens (including phenoxy) is 1. The van der Waals surface area contributed by atoms with Gasteiger partial charge in [-0.1, -0.05) is 0 Å². The second kappa shape index (κ2) is 2.87. The Morgan fingerprint density at radius 2 is 2.00 bits per heavy atom. The number of hydrogen-bond acceptors (Lipinski definition) is 2. The fourth-order valence-electron chi connectivity index (χ4n) is 1.02. The zero-order valence-corrected chi connectivity index (χ0v) is 6.89. The fourth-order valence-corrected chi connectivity index (χ4v) is 1.02. The van der Waals surface area contributed by atoms with Gasteiger partial charge in [-0.3, -0.25) is 0 Å². The smallest absolute Gasteiger partial charge is 0.202 e. The molecule has 0 heterocycles. The van der Waals surface area contributed by atoms with E-state index in [2.05, 4.69) is 0 Å². The first kappa shape index (κ1) is 8.29. The minimum absolute atomic E-state index is 0.0126. The van der Waals surface area contributed by atoms with Crippen LogP contribution in [0.1, 0.15) is 12.8 Å². The third kappa shape index (κ3) is 1.56. The van der Waals surface area contributed by atoms with Crippen LogP contribution in [0.4, 0.5) is 14.5 Å². The average molecular weight is 185 g/mol. The molecule has 0 radical (unpaired) electrons. The van der Waals surface area contributed by atoms with E-state index in [1.807, 2.05) is 0 Å². The summed E-state index contributed by atoms with van der Waals surface area (Å²) in [6.45, 7) is 0. The van der Waals surface area contributed by atoms with Gasteiger partial charge in [0, 0.05) is 0 Å². The first-order valence-corrected chi connectivity index (χ1v) is 4.08. The quantitative estimate of drug-likeness (QED) is 0.716. The Hall–Kier alpha value is -1.32. The topological polar surface area (TPSA) is 35.2 Å². The lowest BCUT2D eigenvalue weighted by molar-refractivity contribution is 0.284. The van der Waals surface area contributed by atoms with Crippen molar-refractivity contribution < 1.29 is 13.5 Å². The highest BCUT2D eigenvalue weighted by Gasteiger charge is 2.26. The van der Waals surface area contributed by atoms with Crippen LogP contribution in [0.25, 0.3) is 0 Å². The highest BCUT2D eigenvalue weighted by molar-refractivity contribution is 5.53. The van der Waals surface area contributed by atoms with Crippen molar-refractivity contribution in [1.29, 1.82) is 0 Å². The van der Waals surface area contributed by atoms with Gasteiger partial charge in [0.15, 0.2) is 11.6 Å². The SMILES string of the molecule is Nc1ccc(F)c(F)c1OC1CC1. The molecule has 4 heteroatoms. The lowest BCUT2D eigenvalue weighted by Gasteiger charge is -2.08. The Kier molecular flexibility index (Phi) is 1.83. The van der Waals surface area contributed by atoms with Gasteiger partial charge in [0.25, 0.3) is 0 Å². The maximum absolute atomic E-state index is 13.1. The summed E-state index contributed by atoms with van der Waals surface area (Å²) in [6, 6.07) is 2.29. The zero-order valence-electron chi connectivity index (χ0n) is 6.89. The van der Waals surface area contributed by atoms with Gasteiger partial charge in [-0.15, -0.1) is 0 Å². The van der Waals surface area contributed by atoms with Gasteiger partial charge >= 0.3 is 0 Å². The largest absolute Gasteiger partial charge is 0.485 e. The molecule has 2 N–H and O–H groups in total. The molecule has 2 rings (SSSR count). The van der Waals surface area contributed by atoms with Crippen molar-refractivity contribution in [2.45, 2.75) is 18.9 Å². The van der Waals surface area contributed by atoms with E-state index in [-0.39, 0.29) is 17.5 Å². The summed E-state index contributed by atoms with van der Waals surface area (Å²) in [4.78, 5) is 0. The van der Waals surface area contributed by atoms with Crippen molar-refractivity contribution in [2.24, 2.45) is 0 Å². The summed E-state index contributed by atoms with van der Waals surface area (Å²) in [5, 5.41) is 0. The van der Waals surface area contributed by atoms with Gasteiger partial charge < -0.3 is 10.5 Å². The normalized spacial score (nSPS) is 15.8. The molecule has 0 bridgehead atoms. The number of nitrogens with two attached hydrogens (primary N) is 1. The third-order valence-electron chi connectivity index (χ3n) is 1.89. The van der Waals surface area contributed by atoms with Gasteiger partial charge in [-0.05, 0) is 25.0 Å². The molecule has 2 nitrogen and oxygen atoms in total. The first-order chi connectivity index (χ1) is 6.18. The molecule has 1 aromatic carbocycles. The van der Waals surface area contributed by atoms with Crippen molar-refractivity contribution in [3.8, 4) is 5.75 Å². The van der Waals surface area contributed by atoms with Gasteiger partial charge in [0.05, 0.1) is 11.8 Å².